The van der Waals surface area contributed by atoms with Crippen LogP contribution in [0.4, 0.5) is 0 Å². The van der Waals surface area contributed by atoms with Gasteiger partial charge in [-0.15, -0.1) is 0 Å². The predicted octanol–water partition coefficient (Wildman–Crippen LogP) is 2.29. The Hall–Kier alpha value is -0.850. The van der Waals surface area contributed by atoms with E-state index in [1.165, 1.54) is 6.07 Å². The molecule has 0 saturated heterocycles. The third-order valence-electron chi connectivity index (χ3n) is 3.80. The second-order valence-corrected chi connectivity index (χ2v) is 6.43. The highest BCUT2D eigenvalue weighted by Gasteiger charge is 2.32. The van der Waals surface area contributed by atoms with Crippen LogP contribution in [0, 0.1) is 6.92 Å². The first-order chi connectivity index (χ1) is 8.84. The Morgan fingerprint density at radius 2 is 1.79 bits per heavy atom. The monoisotopic (exact) mass is 288 g/mol. The van der Waals surface area contributed by atoms with Gasteiger partial charge in [-0.2, -0.15) is 0 Å². The molecule has 3 N–H and O–H groups in total. The molecule has 110 valence electrons. The van der Waals surface area contributed by atoms with E-state index in [0.717, 1.165) is 19.3 Å². The van der Waals surface area contributed by atoms with Crippen molar-refractivity contribution in [2.24, 2.45) is 5.73 Å². The summed E-state index contributed by atoms with van der Waals surface area (Å²) in [6.07, 6.45) is 2.25. The van der Waals surface area contributed by atoms with Crippen molar-refractivity contribution in [3.8, 4) is 0 Å². The Bertz CT molecular complexity index is 508. The smallest absolute Gasteiger partial charge is 0.244 e. The number of sulfonamides is 1. The van der Waals surface area contributed by atoms with Gasteiger partial charge in [0.1, 0.15) is 16.4 Å². The molecule has 0 spiro atoms. The molecule has 0 bridgehead atoms. The third-order valence-corrected chi connectivity index (χ3v) is 5.48. The van der Waals surface area contributed by atoms with Crippen LogP contribution in [0.2, 0.25) is 0 Å². The van der Waals surface area contributed by atoms with Crippen LogP contribution < -0.4 is 10.5 Å². The second-order valence-electron chi connectivity index (χ2n) is 4.78. The van der Waals surface area contributed by atoms with E-state index in [2.05, 4.69) is 4.72 Å². The molecule has 0 amide bonds. The lowest BCUT2D eigenvalue weighted by Crippen LogP contribution is -2.47. The molecular weight excluding hydrogens is 264 g/mol. The lowest BCUT2D eigenvalue weighted by atomic mass is 9.91. The van der Waals surface area contributed by atoms with E-state index in [1.807, 2.05) is 20.8 Å². The second kappa shape index (κ2) is 6.07. The third kappa shape index (κ3) is 3.38. The topological polar surface area (TPSA) is 85.3 Å². The van der Waals surface area contributed by atoms with Crippen LogP contribution in [0.3, 0.4) is 0 Å². The molecule has 19 heavy (non-hydrogen) atoms. The molecule has 6 heteroatoms. The average molecular weight is 288 g/mol. The molecule has 0 aromatic carbocycles. The SMILES string of the molecule is CCC(CC)(CC)NS(=O)(=O)c1cc(CN)oc1C. The van der Waals surface area contributed by atoms with Crippen molar-refractivity contribution in [1.29, 1.82) is 0 Å². The standard InChI is InChI=1S/C13H24N2O3S/c1-5-13(6-2,7-3)15-19(16,17)12-8-11(9-14)18-10(12)4/h8,15H,5-7,9,14H2,1-4H3. The molecule has 0 fully saturated rings. The molecule has 0 unspecified atom stereocenters. The highest BCUT2D eigenvalue weighted by Crippen LogP contribution is 2.25. The Kier molecular flexibility index (Phi) is 5.18. The van der Waals surface area contributed by atoms with Crippen LogP contribution in [-0.4, -0.2) is 14.0 Å². The number of furan rings is 1. The lowest BCUT2D eigenvalue weighted by molar-refractivity contribution is 0.341. The van der Waals surface area contributed by atoms with Gasteiger partial charge in [-0.25, -0.2) is 13.1 Å². The average Bonchev–Trinajstić information content (AvgIpc) is 2.78. The summed E-state index contributed by atoms with van der Waals surface area (Å²) in [6.45, 7) is 7.80. The van der Waals surface area contributed by atoms with Crippen LogP contribution in [0.25, 0.3) is 0 Å². The van der Waals surface area contributed by atoms with Crippen molar-refractivity contribution in [3.63, 3.8) is 0 Å². The minimum absolute atomic E-state index is 0.188. The Morgan fingerprint density at radius 3 is 2.16 bits per heavy atom. The minimum atomic E-state index is -3.57. The number of aryl methyl sites for hydroxylation is 1. The van der Waals surface area contributed by atoms with Crippen LogP contribution in [-0.2, 0) is 16.6 Å². The zero-order valence-electron chi connectivity index (χ0n) is 12.1. The Balaban J connectivity index is 3.13. The summed E-state index contributed by atoms with van der Waals surface area (Å²) in [5, 5.41) is 0. The highest BCUT2D eigenvalue weighted by atomic mass is 32.2. The van der Waals surface area contributed by atoms with Gasteiger partial charge in [-0.3, -0.25) is 0 Å². The Labute approximate surface area is 115 Å². The van der Waals surface area contributed by atoms with Gasteiger partial charge < -0.3 is 10.2 Å². The fourth-order valence-electron chi connectivity index (χ4n) is 2.20. The van der Waals surface area contributed by atoms with E-state index in [1.54, 1.807) is 6.92 Å². The van der Waals surface area contributed by atoms with E-state index in [-0.39, 0.29) is 11.4 Å². The predicted molar refractivity (Wildman–Crippen MR) is 75.3 cm³/mol. The first-order valence-electron chi connectivity index (χ1n) is 6.67. The zero-order valence-corrected chi connectivity index (χ0v) is 12.9. The maximum Gasteiger partial charge on any atom is 0.244 e. The van der Waals surface area contributed by atoms with Crippen LogP contribution in [0.15, 0.2) is 15.4 Å². The summed E-state index contributed by atoms with van der Waals surface area (Å²) < 4.78 is 33.1. The van der Waals surface area contributed by atoms with Crippen molar-refractivity contribution >= 4 is 10.0 Å². The van der Waals surface area contributed by atoms with Gasteiger partial charge in [0, 0.05) is 11.6 Å². The van der Waals surface area contributed by atoms with Crippen molar-refractivity contribution in [2.45, 2.75) is 63.9 Å². The van der Waals surface area contributed by atoms with E-state index < -0.39 is 15.6 Å². The molecule has 1 aromatic heterocycles. The molecule has 0 aliphatic carbocycles. The van der Waals surface area contributed by atoms with Gasteiger partial charge in [-0.05, 0) is 26.2 Å². The van der Waals surface area contributed by atoms with Crippen molar-refractivity contribution in [1.82, 2.24) is 4.72 Å². The van der Waals surface area contributed by atoms with E-state index >= 15 is 0 Å². The fourth-order valence-corrected chi connectivity index (χ4v) is 4.02. The molecule has 0 saturated carbocycles. The maximum absolute atomic E-state index is 12.5. The number of hydrogen-bond donors (Lipinski definition) is 2. The normalized spacial score (nSPS) is 12.9. The molecule has 1 heterocycles. The van der Waals surface area contributed by atoms with E-state index in [9.17, 15) is 8.42 Å². The van der Waals surface area contributed by atoms with Crippen LogP contribution >= 0.6 is 0 Å². The van der Waals surface area contributed by atoms with Crippen LogP contribution in [0.5, 0.6) is 0 Å². The molecule has 1 aromatic rings. The maximum atomic E-state index is 12.5. The summed E-state index contributed by atoms with van der Waals surface area (Å²) in [6, 6.07) is 1.50. The summed E-state index contributed by atoms with van der Waals surface area (Å²) in [7, 11) is -3.57. The van der Waals surface area contributed by atoms with E-state index in [0.29, 0.717) is 11.5 Å². The number of nitrogens with two attached hydrogens (primary N) is 1. The minimum Gasteiger partial charge on any atom is -0.464 e. The summed E-state index contributed by atoms with van der Waals surface area (Å²) in [5.41, 5.74) is 5.07. The van der Waals surface area contributed by atoms with Gasteiger partial charge in [0.2, 0.25) is 10.0 Å². The Morgan fingerprint density at radius 1 is 1.26 bits per heavy atom. The first kappa shape index (κ1) is 16.2. The molecule has 0 radical (unpaired) electrons. The van der Waals surface area contributed by atoms with E-state index in [4.69, 9.17) is 10.2 Å². The number of nitrogens with one attached hydrogen (secondary N) is 1. The van der Waals surface area contributed by atoms with Crippen molar-refractivity contribution in [2.75, 3.05) is 0 Å². The lowest BCUT2D eigenvalue weighted by Gasteiger charge is -2.31. The van der Waals surface area contributed by atoms with Gasteiger partial charge in [0.15, 0.2) is 0 Å². The van der Waals surface area contributed by atoms with Gasteiger partial charge in [0.25, 0.3) is 0 Å². The molecule has 0 aliphatic rings. The van der Waals surface area contributed by atoms with Crippen molar-refractivity contribution in [3.05, 3.63) is 17.6 Å². The summed E-state index contributed by atoms with van der Waals surface area (Å²) >= 11 is 0. The molecule has 0 atom stereocenters. The summed E-state index contributed by atoms with van der Waals surface area (Å²) in [4.78, 5) is 0.188. The highest BCUT2D eigenvalue weighted by molar-refractivity contribution is 7.89. The fraction of sp³-hybridized carbons (Fsp3) is 0.692. The molecule has 0 aliphatic heterocycles. The van der Waals surface area contributed by atoms with Crippen LogP contribution in [0.1, 0.15) is 51.6 Å². The quantitative estimate of drug-likeness (QED) is 0.806. The summed E-state index contributed by atoms with van der Waals surface area (Å²) in [5.74, 6) is 0.859. The zero-order chi connectivity index (χ0) is 14.7. The van der Waals surface area contributed by atoms with Gasteiger partial charge in [0.05, 0.1) is 6.54 Å². The number of rotatable bonds is 7. The largest absolute Gasteiger partial charge is 0.464 e. The van der Waals surface area contributed by atoms with Crippen molar-refractivity contribution < 1.29 is 12.8 Å². The molecular formula is C13H24N2O3S. The van der Waals surface area contributed by atoms with Gasteiger partial charge >= 0.3 is 0 Å². The first-order valence-corrected chi connectivity index (χ1v) is 8.15. The molecule has 1 rings (SSSR count). The van der Waals surface area contributed by atoms with Gasteiger partial charge in [-0.1, -0.05) is 20.8 Å². The molecule has 5 nitrogen and oxygen atoms in total. The number of hydrogen-bond acceptors (Lipinski definition) is 4.